The summed E-state index contributed by atoms with van der Waals surface area (Å²) in [6, 6.07) is 0. The standard InChI is InChI=1S/C10H22O5PS/c1-3-5-6-7-8-9-10-17(12,13)15-16(11)14-4-2/h3-10H2,1-2H3/q+1. The van der Waals surface area contributed by atoms with E-state index in [4.69, 9.17) is 0 Å². The molecule has 0 N–H and O–H groups in total. The summed E-state index contributed by atoms with van der Waals surface area (Å²) in [4.78, 5) is 0. The molecule has 0 rings (SSSR count). The van der Waals surface area contributed by atoms with Gasteiger partial charge in [-0.1, -0.05) is 39.0 Å². The normalized spacial score (nSPS) is 12.7. The Morgan fingerprint density at radius 1 is 1.00 bits per heavy atom. The van der Waals surface area contributed by atoms with Crippen molar-refractivity contribution in [1.29, 1.82) is 0 Å². The zero-order chi connectivity index (χ0) is 13.1. The Bertz CT molecular complexity index is 302. The smallest absolute Gasteiger partial charge is 0.196 e. The first-order chi connectivity index (χ1) is 8.02. The average Bonchev–Trinajstić information content (AvgIpc) is 2.22. The van der Waals surface area contributed by atoms with E-state index in [1.54, 1.807) is 6.92 Å². The molecular weight excluding hydrogens is 263 g/mol. The van der Waals surface area contributed by atoms with E-state index < -0.39 is 18.4 Å². The highest BCUT2D eigenvalue weighted by molar-refractivity contribution is 7.89. The van der Waals surface area contributed by atoms with Crippen LogP contribution >= 0.6 is 8.25 Å². The predicted octanol–water partition coefficient (Wildman–Crippen LogP) is 3.39. The quantitative estimate of drug-likeness (QED) is 0.430. The minimum absolute atomic E-state index is 0.0900. The van der Waals surface area contributed by atoms with Gasteiger partial charge in [0.05, 0.1) is 5.75 Å². The highest BCUT2D eigenvalue weighted by Gasteiger charge is 2.29. The molecule has 0 aromatic carbocycles. The lowest BCUT2D eigenvalue weighted by Gasteiger charge is -1.99. The van der Waals surface area contributed by atoms with Gasteiger partial charge in [0.1, 0.15) is 6.61 Å². The van der Waals surface area contributed by atoms with Crippen molar-refractivity contribution in [3.05, 3.63) is 0 Å². The van der Waals surface area contributed by atoms with Gasteiger partial charge >= 0.3 is 18.4 Å². The van der Waals surface area contributed by atoms with E-state index in [-0.39, 0.29) is 12.4 Å². The van der Waals surface area contributed by atoms with E-state index in [0.29, 0.717) is 6.42 Å². The topological polar surface area (TPSA) is 69.7 Å². The first kappa shape index (κ1) is 17.0. The predicted molar refractivity (Wildman–Crippen MR) is 67.5 cm³/mol. The van der Waals surface area contributed by atoms with Gasteiger partial charge in [0.15, 0.2) is 0 Å². The van der Waals surface area contributed by atoms with Gasteiger partial charge < -0.3 is 0 Å². The van der Waals surface area contributed by atoms with E-state index in [1.807, 2.05) is 0 Å². The molecule has 0 aliphatic carbocycles. The molecule has 1 atom stereocenters. The molecule has 7 heteroatoms. The maximum atomic E-state index is 11.3. The molecular formula is C10H22O5PS+. The lowest BCUT2D eigenvalue weighted by atomic mass is 10.1. The summed E-state index contributed by atoms with van der Waals surface area (Å²) < 4.78 is 42.5. The van der Waals surface area contributed by atoms with Crippen molar-refractivity contribution in [2.45, 2.75) is 52.4 Å². The number of hydrogen-bond acceptors (Lipinski definition) is 5. The van der Waals surface area contributed by atoms with E-state index in [1.165, 1.54) is 6.42 Å². The average molecular weight is 285 g/mol. The largest absolute Gasteiger partial charge is 0.714 e. The first-order valence-electron chi connectivity index (χ1n) is 6.04. The molecule has 0 aromatic heterocycles. The van der Waals surface area contributed by atoms with Gasteiger partial charge in [-0.3, -0.25) is 0 Å². The number of rotatable bonds is 11. The van der Waals surface area contributed by atoms with Gasteiger partial charge in [0, 0.05) is 8.54 Å². The fourth-order valence-electron chi connectivity index (χ4n) is 1.32. The fraction of sp³-hybridized carbons (Fsp3) is 1.00. The zero-order valence-electron chi connectivity index (χ0n) is 10.6. The Balaban J connectivity index is 3.68. The lowest BCUT2D eigenvalue weighted by molar-refractivity contribution is 0.303. The Morgan fingerprint density at radius 2 is 1.59 bits per heavy atom. The van der Waals surface area contributed by atoms with Crippen molar-refractivity contribution < 1.29 is 21.5 Å². The van der Waals surface area contributed by atoms with Crippen LogP contribution in [0.5, 0.6) is 0 Å². The summed E-state index contributed by atoms with van der Waals surface area (Å²) >= 11 is 0. The fourth-order valence-corrected chi connectivity index (χ4v) is 3.30. The molecule has 0 saturated carbocycles. The summed E-state index contributed by atoms with van der Waals surface area (Å²) in [6.07, 6.45) is 5.90. The van der Waals surface area contributed by atoms with Crippen LogP contribution in [0.2, 0.25) is 0 Å². The molecule has 0 fully saturated rings. The maximum Gasteiger partial charge on any atom is 0.714 e. The molecule has 1 unspecified atom stereocenters. The van der Waals surface area contributed by atoms with Gasteiger partial charge in [-0.05, 0) is 13.3 Å². The summed E-state index contributed by atoms with van der Waals surface area (Å²) in [5, 5.41) is 0. The minimum Gasteiger partial charge on any atom is -0.196 e. The molecule has 0 bridgehead atoms. The molecule has 0 saturated heterocycles. The van der Waals surface area contributed by atoms with Gasteiger partial charge in [-0.2, -0.15) is 8.42 Å². The number of unbranched alkanes of at least 4 members (excludes halogenated alkanes) is 5. The van der Waals surface area contributed by atoms with Gasteiger partial charge in [-0.25, -0.2) is 0 Å². The lowest BCUT2D eigenvalue weighted by Crippen LogP contribution is -2.07. The molecule has 0 aliphatic heterocycles. The Morgan fingerprint density at radius 3 is 2.18 bits per heavy atom. The summed E-state index contributed by atoms with van der Waals surface area (Å²) in [7, 11) is -6.24. The van der Waals surface area contributed by atoms with Crippen molar-refractivity contribution in [3.8, 4) is 0 Å². The van der Waals surface area contributed by atoms with Crippen LogP contribution in [0.1, 0.15) is 52.4 Å². The highest BCUT2D eigenvalue weighted by atomic mass is 32.2. The van der Waals surface area contributed by atoms with E-state index >= 15 is 0 Å². The van der Waals surface area contributed by atoms with Crippen LogP contribution in [0.15, 0.2) is 0 Å². The summed E-state index contributed by atoms with van der Waals surface area (Å²) in [6.45, 7) is 3.92. The maximum absolute atomic E-state index is 11.3. The molecule has 0 heterocycles. The first-order valence-corrected chi connectivity index (χ1v) is 8.71. The van der Waals surface area contributed by atoms with Crippen LogP contribution in [0.4, 0.5) is 0 Å². The van der Waals surface area contributed by atoms with Crippen LogP contribution in [-0.2, 0) is 23.2 Å². The molecule has 102 valence electrons. The van der Waals surface area contributed by atoms with E-state index in [9.17, 15) is 13.0 Å². The van der Waals surface area contributed by atoms with Crippen molar-refractivity contribution in [2.75, 3.05) is 12.4 Å². The van der Waals surface area contributed by atoms with Crippen molar-refractivity contribution >= 4 is 18.4 Å². The molecule has 0 aromatic rings. The second-order valence-electron chi connectivity index (χ2n) is 3.75. The van der Waals surface area contributed by atoms with Crippen LogP contribution < -0.4 is 0 Å². The minimum atomic E-state index is -3.70. The third kappa shape index (κ3) is 10.8. The van der Waals surface area contributed by atoms with E-state index in [2.05, 4.69) is 15.4 Å². The van der Waals surface area contributed by atoms with Crippen molar-refractivity contribution in [1.82, 2.24) is 0 Å². The molecule has 5 nitrogen and oxygen atoms in total. The molecule has 0 radical (unpaired) electrons. The van der Waals surface area contributed by atoms with Crippen LogP contribution in [0.3, 0.4) is 0 Å². The van der Waals surface area contributed by atoms with Crippen LogP contribution in [-0.4, -0.2) is 20.8 Å². The third-order valence-electron chi connectivity index (χ3n) is 2.16. The van der Waals surface area contributed by atoms with Crippen molar-refractivity contribution in [2.24, 2.45) is 0 Å². The van der Waals surface area contributed by atoms with Crippen LogP contribution in [0.25, 0.3) is 0 Å². The Labute approximate surface area is 105 Å². The van der Waals surface area contributed by atoms with Gasteiger partial charge in [0.25, 0.3) is 0 Å². The van der Waals surface area contributed by atoms with E-state index in [0.717, 1.165) is 25.7 Å². The Hall–Kier alpha value is -0.0300. The van der Waals surface area contributed by atoms with Gasteiger partial charge in [-0.15, -0.1) is 4.52 Å². The summed E-state index contributed by atoms with van der Waals surface area (Å²) in [5.41, 5.74) is 0. The molecule has 0 spiro atoms. The monoisotopic (exact) mass is 285 g/mol. The summed E-state index contributed by atoms with van der Waals surface area (Å²) in [5.74, 6) is -0.0900. The third-order valence-corrected chi connectivity index (χ3v) is 4.81. The SMILES string of the molecule is CCCCCCCCS(=O)(=O)O[P+](=O)OCC. The Kier molecular flexibility index (Phi) is 9.93. The van der Waals surface area contributed by atoms with Crippen LogP contribution in [0, 0.1) is 0 Å². The van der Waals surface area contributed by atoms with Crippen molar-refractivity contribution in [3.63, 3.8) is 0 Å². The molecule has 17 heavy (non-hydrogen) atoms. The second kappa shape index (κ2) is 9.95. The molecule has 0 amide bonds. The molecule has 0 aliphatic rings. The number of hydrogen-bond donors (Lipinski definition) is 0. The van der Waals surface area contributed by atoms with Gasteiger partial charge in [0.2, 0.25) is 0 Å². The second-order valence-corrected chi connectivity index (χ2v) is 6.57. The zero-order valence-corrected chi connectivity index (χ0v) is 12.3. The highest BCUT2D eigenvalue weighted by Crippen LogP contribution is 2.27.